The number of hydrogen-bond acceptors (Lipinski definition) is 3. The molecule has 0 heterocycles. The molecule has 0 aliphatic rings. The largest absolute Gasteiger partial charge is 0.497 e. The summed E-state index contributed by atoms with van der Waals surface area (Å²) in [5.74, 6) is 0.670. The first kappa shape index (κ1) is 17.0. The number of nitrogens with zero attached hydrogens (tertiary/aromatic N) is 1. The van der Waals surface area contributed by atoms with Crippen molar-refractivity contribution in [1.29, 1.82) is 0 Å². The lowest BCUT2D eigenvalue weighted by molar-refractivity contribution is 0.0704. The summed E-state index contributed by atoms with van der Waals surface area (Å²) in [6.07, 6.45) is 0.501. The van der Waals surface area contributed by atoms with Gasteiger partial charge in [-0.05, 0) is 42.7 Å². The summed E-state index contributed by atoms with van der Waals surface area (Å²) in [6.45, 7) is 1.92. The Kier molecular flexibility index (Phi) is 5.77. The van der Waals surface area contributed by atoms with Crippen molar-refractivity contribution >= 4 is 5.91 Å². The van der Waals surface area contributed by atoms with Crippen LogP contribution in [0.4, 0.5) is 0 Å². The van der Waals surface area contributed by atoms with E-state index in [9.17, 15) is 9.90 Å². The maximum absolute atomic E-state index is 12.9. The summed E-state index contributed by atoms with van der Waals surface area (Å²) < 4.78 is 5.19. The van der Waals surface area contributed by atoms with Gasteiger partial charge < -0.3 is 14.7 Å². The zero-order valence-corrected chi connectivity index (χ0v) is 13.8. The number of aryl methyl sites for hydroxylation is 1. The summed E-state index contributed by atoms with van der Waals surface area (Å²) in [7, 11) is 3.38. The molecule has 0 bridgehead atoms. The maximum atomic E-state index is 12.9. The fraction of sp³-hybridized carbons (Fsp3) is 0.316. The van der Waals surface area contributed by atoms with E-state index in [0.717, 1.165) is 16.9 Å². The van der Waals surface area contributed by atoms with Crippen molar-refractivity contribution in [3.05, 3.63) is 65.2 Å². The van der Waals surface area contributed by atoms with E-state index in [1.807, 2.05) is 43.3 Å². The van der Waals surface area contributed by atoms with Gasteiger partial charge in [0.15, 0.2) is 0 Å². The van der Waals surface area contributed by atoms with Gasteiger partial charge in [0.25, 0.3) is 5.91 Å². The van der Waals surface area contributed by atoms with Gasteiger partial charge in [0.2, 0.25) is 0 Å². The van der Waals surface area contributed by atoms with Crippen LogP contribution in [0.3, 0.4) is 0 Å². The molecule has 1 N–H and O–H groups in total. The number of rotatable bonds is 6. The first-order valence-electron chi connectivity index (χ1n) is 7.66. The second kappa shape index (κ2) is 7.79. The van der Waals surface area contributed by atoms with Crippen LogP contribution in [0.15, 0.2) is 48.5 Å². The SMILES string of the molecule is COc1ccc(C(=O)N(C)C(CCO)c2ccccc2)c(C)c1. The molecule has 1 amide bonds. The van der Waals surface area contributed by atoms with Gasteiger partial charge in [0, 0.05) is 19.2 Å². The van der Waals surface area contributed by atoms with Crippen LogP contribution in [0.5, 0.6) is 5.75 Å². The Hall–Kier alpha value is -2.33. The minimum absolute atomic E-state index is 0.0266. The van der Waals surface area contributed by atoms with Crippen LogP contribution in [-0.2, 0) is 0 Å². The number of carbonyl (C=O) groups is 1. The highest BCUT2D eigenvalue weighted by Gasteiger charge is 2.23. The zero-order chi connectivity index (χ0) is 16.8. The number of methoxy groups -OCH3 is 1. The van der Waals surface area contributed by atoms with Crippen molar-refractivity contribution in [1.82, 2.24) is 4.90 Å². The third-order valence-corrected chi connectivity index (χ3v) is 4.04. The molecule has 0 saturated carbocycles. The molecule has 1 unspecified atom stereocenters. The van der Waals surface area contributed by atoms with Gasteiger partial charge in [0.05, 0.1) is 13.2 Å². The van der Waals surface area contributed by atoms with Crippen molar-refractivity contribution in [2.24, 2.45) is 0 Å². The van der Waals surface area contributed by atoms with Crippen LogP contribution in [0.1, 0.15) is 33.9 Å². The topological polar surface area (TPSA) is 49.8 Å². The van der Waals surface area contributed by atoms with E-state index in [1.54, 1.807) is 31.2 Å². The van der Waals surface area contributed by atoms with Crippen molar-refractivity contribution in [2.75, 3.05) is 20.8 Å². The number of ether oxygens (including phenoxy) is 1. The molecule has 122 valence electrons. The smallest absolute Gasteiger partial charge is 0.254 e. The van der Waals surface area contributed by atoms with Gasteiger partial charge in [-0.1, -0.05) is 30.3 Å². The molecule has 0 spiro atoms. The Balaban J connectivity index is 2.29. The van der Waals surface area contributed by atoms with E-state index in [-0.39, 0.29) is 18.6 Å². The molecule has 2 rings (SSSR count). The van der Waals surface area contributed by atoms with Crippen LogP contribution in [0.2, 0.25) is 0 Å². The quantitative estimate of drug-likeness (QED) is 0.891. The molecule has 2 aromatic rings. The highest BCUT2D eigenvalue weighted by Crippen LogP contribution is 2.26. The second-order valence-electron chi connectivity index (χ2n) is 5.54. The van der Waals surface area contributed by atoms with E-state index in [2.05, 4.69) is 0 Å². The first-order chi connectivity index (χ1) is 11.1. The second-order valence-corrected chi connectivity index (χ2v) is 5.54. The van der Waals surface area contributed by atoms with Crippen LogP contribution in [0.25, 0.3) is 0 Å². The predicted molar refractivity (Wildman–Crippen MR) is 90.7 cm³/mol. The third-order valence-electron chi connectivity index (χ3n) is 4.04. The van der Waals surface area contributed by atoms with Crippen molar-refractivity contribution in [3.8, 4) is 5.75 Å². The van der Waals surface area contributed by atoms with Crippen molar-refractivity contribution in [3.63, 3.8) is 0 Å². The lowest BCUT2D eigenvalue weighted by atomic mass is 10.0. The van der Waals surface area contributed by atoms with Crippen LogP contribution < -0.4 is 4.74 Å². The van der Waals surface area contributed by atoms with Gasteiger partial charge >= 0.3 is 0 Å². The molecule has 0 aliphatic heterocycles. The average Bonchev–Trinajstić information content (AvgIpc) is 2.59. The van der Waals surface area contributed by atoms with Crippen LogP contribution in [-0.4, -0.2) is 36.7 Å². The lowest BCUT2D eigenvalue weighted by Crippen LogP contribution is -2.32. The number of aliphatic hydroxyl groups excluding tert-OH is 1. The van der Waals surface area contributed by atoms with Gasteiger partial charge in [0.1, 0.15) is 5.75 Å². The molecule has 0 fully saturated rings. The zero-order valence-electron chi connectivity index (χ0n) is 13.8. The van der Waals surface area contributed by atoms with Crippen molar-refractivity contribution in [2.45, 2.75) is 19.4 Å². The molecule has 0 radical (unpaired) electrons. The van der Waals surface area contributed by atoms with E-state index in [1.165, 1.54) is 0 Å². The summed E-state index contributed by atoms with van der Waals surface area (Å²) in [5.41, 5.74) is 2.53. The normalized spacial score (nSPS) is 11.8. The molecular formula is C19H23NO3. The summed E-state index contributed by atoms with van der Waals surface area (Å²) in [6, 6.07) is 15.0. The Morgan fingerprint density at radius 3 is 2.48 bits per heavy atom. The Bertz CT molecular complexity index is 655. The minimum Gasteiger partial charge on any atom is -0.497 e. The van der Waals surface area contributed by atoms with E-state index in [0.29, 0.717) is 12.0 Å². The molecule has 0 aromatic heterocycles. The number of aliphatic hydroxyl groups is 1. The molecule has 2 aromatic carbocycles. The average molecular weight is 313 g/mol. The molecule has 4 nitrogen and oxygen atoms in total. The molecule has 23 heavy (non-hydrogen) atoms. The van der Waals surface area contributed by atoms with Gasteiger partial charge in [-0.15, -0.1) is 0 Å². The first-order valence-corrected chi connectivity index (χ1v) is 7.66. The maximum Gasteiger partial charge on any atom is 0.254 e. The summed E-state index contributed by atoms with van der Waals surface area (Å²) >= 11 is 0. The molecule has 0 aliphatic carbocycles. The Morgan fingerprint density at radius 1 is 1.22 bits per heavy atom. The van der Waals surface area contributed by atoms with Gasteiger partial charge in [-0.2, -0.15) is 0 Å². The number of carbonyl (C=O) groups excluding carboxylic acids is 1. The number of hydrogen-bond donors (Lipinski definition) is 1. The molecule has 0 saturated heterocycles. The van der Waals surface area contributed by atoms with Crippen LogP contribution >= 0.6 is 0 Å². The standard InChI is InChI=1S/C19H23NO3/c1-14-13-16(23-3)9-10-17(14)19(22)20(2)18(11-12-21)15-7-5-4-6-8-15/h4-10,13,18,21H,11-12H2,1-3H3. The monoisotopic (exact) mass is 313 g/mol. The lowest BCUT2D eigenvalue weighted by Gasteiger charge is -2.29. The molecular weight excluding hydrogens is 290 g/mol. The van der Waals surface area contributed by atoms with E-state index >= 15 is 0 Å². The van der Waals surface area contributed by atoms with E-state index < -0.39 is 0 Å². The number of amides is 1. The summed E-state index contributed by atoms with van der Waals surface area (Å²) in [4.78, 5) is 14.6. The van der Waals surface area contributed by atoms with Gasteiger partial charge in [-0.25, -0.2) is 0 Å². The predicted octanol–water partition coefficient (Wildman–Crippen LogP) is 3.20. The summed E-state index contributed by atoms with van der Waals surface area (Å²) in [5, 5.41) is 9.37. The minimum atomic E-state index is -0.157. The van der Waals surface area contributed by atoms with Gasteiger partial charge in [-0.3, -0.25) is 4.79 Å². The third kappa shape index (κ3) is 3.90. The number of benzene rings is 2. The van der Waals surface area contributed by atoms with Crippen LogP contribution in [0, 0.1) is 6.92 Å². The fourth-order valence-corrected chi connectivity index (χ4v) is 2.72. The Labute approximate surface area is 137 Å². The molecule has 4 heteroatoms. The van der Waals surface area contributed by atoms with Crippen molar-refractivity contribution < 1.29 is 14.6 Å². The highest BCUT2D eigenvalue weighted by molar-refractivity contribution is 5.96. The highest BCUT2D eigenvalue weighted by atomic mass is 16.5. The molecule has 1 atom stereocenters. The fourth-order valence-electron chi connectivity index (χ4n) is 2.72. The van der Waals surface area contributed by atoms with E-state index in [4.69, 9.17) is 4.74 Å². The Morgan fingerprint density at radius 2 is 1.91 bits per heavy atom.